The number of ether oxygens (including phenoxy) is 1. The van der Waals surface area contributed by atoms with E-state index in [0.29, 0.717) is 11.1 Å². The molecule has 25 heavy (non-hydrogen) atoms. The standard InChI is InChI=1S/C16H21N3O4.C2H6/c1-16(2,3)23-13(20)7-10-8-19(9-11(17)15(21)22)12-5-4-6-18-14(10)12;1-2/h4-6,8,11H,7,9,17H2,1-3H3,(H,21,22);1-2H3. The molecule has 1 unspecified atom stereocenters. The molecule has 0 saturated carbocycles. The predicted octanol–water partition coefficient (Wildman–Crippen LogP) is 2.36. The van der Waals surface area contributed by atoms with Crippen LogP contribution in [-0.2, 0) is 27.3 Å². The maximum atomic E-state index is 12.0. The molecule has 2 aromatic heterocycles. The molecule has 2 heterocycles. The zero-order valence-electron chi connectivity index (χ0n) is 15.4. The monoisotopic (exact) mass is 349 g/mol. The van der Waals surface area contributed by atoms with Crippen molar-refractivity contribution >= 4 is 23.0 Å². The van der Waals surface area contributed by atoms with Gasteiger partial charge in [-0.25, -0.2) is 0 Å². The van der Waals surface area contributed by atoms with Gasteiger partial charge in [0.05, 0.1) is 17.5 Å². The van der Waals surface area contributed by atoms with Gasteiger partial charge in [0, 0.05) is 24.5 Å². The fourth-order valence-corrected chi connectivity index (χ4v) is 2.30. The molecule has 1 atom stereocenters. The topological polar surface area (TPSA) is 107 Å². The lowest BCUT2D eigenvalue weighted by molar-refractivity contribution is -0.153. The third-order valence-electron chi connectivity index (χ3n) is 3.18. The molecule has 0 bridgehead atoms. The van der Waals surface area contributed by atoms with Crippen LogP contribution >= 0.6 is 0 Å². The van der Waals surface area contributed by atoms with E-state index in [4.69, 9.17) is 15.6 Å². The second kappa shape index (κ2) is 8.62. The molecule has 0 radical (unpaired) electrons. The van der Waals surface area contributed by atoms with Crippen molar-refractivity contribution in [3.63, 3.8) is 0 Å². The lowest BCUT2D eigenvalue weighted by Crippen LogP contribution is -2.34. The average molecular weight is 349 g/mol. The Kier molecular flexibility index (Phi) is 7.11. The number of hydrogen-bond acceptors (Lipinski definition) is 5. The van der Waals surface area contributed by atoms with Gasteiger partial charge in [0.1, 0.15) is 11.6 Å². The van der Waals surface area contributed by atoms with E-state index < -0.39 is 17.6 Å². The molecule has 0 amide bonds. The summed E-state index contributed by atoms with van der Waals surface area (Å²) in [6.45, 7) is 9.51. The van der Waals surface area contributed by atoms with Crippen LogP contribution in [0, 0.1) is 0 Å². The first-order valence-corrected chi connectivity index (χ1v) is 8.30. The number of carbonyl (C=O) groups excluding carboxylic acids is 1. The third-order valence-corrected chi connectivity index (χ3v) is 3.18. The summed E-state index contributed by atoms with van der Waals surface area (Å²) in [5.41, 5.74) is 7.12. The van der Waals surface area contributed by atoms with Crippen molar-refractivity contribution in [2.45, 2.75) is 59.2 Å². The second-order valence-electron chi connectivity index (χ2n) is 6.39. The first kappa shape index (κ1) is 20.6. The van der Waals surface area contributed by atoms with E-state index in [1.807, 2.05) is 19.9 Å². The molecule has 3 N–H and O–H groups in total. The number of hydrogen-bond donors (Lipinski definition) is 2. The average Bonchev–Trinajstić information content (AvgIpc) is 2.85. The van der Waals surface area contributed by atoms with Gasteiger partial charge in [-0.05, 0) is 32.9 Å². The van der Waals surface area contributed by atoms with Crippen LogP contribution in [-0.4, -0.2) is 38.2 Å². The van der Waals surface area contributed by atoms with E-state index in [1.54, 1.807) is 43.8 Å². The maximum Gasteiger partial charge on any atom is 0.322 e. The summed E-state index contributed by atoms with van der Waals surface area (Å²) >= 11 is 0. The number of nitrogens with two attached hydrogens (primary N) is 1. The molecule has 0 aliphatic carbocycles. The summed E-state index contributed by atoms with van der Waals surface area (Å²) in [6.07, 6.45) is 3.41. The molecule has 7 nitrogen and oxygen atoms in total. The fraction of sp³-hybridized carbons (Fsp3) is 0.500. The Labute approximate surface area is 147 Å². The smallest absolute Gasteiger partial charge is 0.322 e. The van der Waals surface area contributed by atoms with Crippen molar-refractivity contribution in [3.8, 4) is 0 Å². The number of aromatic nitrogens is 2. The summed E-state index contributed by atoms with van der Waals surface area (Å²) in [4.78, 5) is 27.3. The molecule has 2 rings (SSSR count). The zero-order chi connectivity index (χ0) is 19.2. The van der Waals surface area contributed by atoms with Crippen LogP contribution in [0.1, 0.15) is 40.2 Å². The molecular formula is C18H27N3O4. The molecule has 0 saturated heterocycles. The van der Waals surface area contributed by atoms with Crippen LogP contribution in [0.4, 0.5) is 0 Å². The Morgan fingerprint density at radius 2 is 2.00 bits per heavy atom. The van der Waals surface area contributed by atoms with Gasteiger partial charge in [0.2, 0.25) is 0 Å². The first-order chi connectivity index (χ1) is 11.7. The Hall–Kier alpha value is -2.41. The Morgan fingerprint density at radius 1 is 1.36 bits per heavy atom. The van der Waals surface area contributed by atoms with Gasteiger partial charge in [0.25, 0.3) is 0 Å². The van der Waals surface area contributed by atoms with Gasteiger partial charge in [-0.3, -0.25) is 14.6 Å². The van der Waals surface area contributed by atoms with Crippen molar-refractivity contribution in [2.75, 3.05) is 0 Å². The number of esters is 1. The predicted molar refractivity (Wildman–Crippen MR) is 96.2 cm³/mol. The number of carboxylic acids is 1. The Bertz CT molecular complexity index is 731. The molecule has 2 aromatic rings. The molecular weight excluding hydrogens is 322 g/mol. The summed E-state index contributed by atoms with van der Waals surface area (Å²) in [5.74, 6) is -1.44. The molecule has 138 valence electrons. The summed E-state index contributed by atoms with van der Waals surface area (Å²) < 4.78 is 7.03. The van der Waals surface area contributed by atoms with E-state index in [1.165, 1.54) is 0 Å². The van der Waals surface area contributed by atoms with Gasteiger partial charge in [-0.1, -0.05) is 13.8 Å². The SMILES string of the molecule is CC.CC(C)(C)OC(=O)Cc1cn(CC(N)C(=O)O)c2cccnc12. The van der Waals surface area contributed by atoms with Gasteiger partial charge in [-0.15, -0.1) is 0 Å². The largest absolute Gasteiger partial charge is 0.480 e. The van der Waals surface area contributed by atoms with E-state index in [-0.39, 0.29) is 18.9 Å². The minimum atomic E-state index is -1.08. The Balaban J connectivity index is 0.00000151. The van der Waals surface area contributed by atoms with Crippen LogP contribution in [0.15, 0.2) is 24.5 Å². The van der Waals surface area contributed by atoms with Crippen molar-refractivity contribution in [1.82, 2.24) is 9.55 Å². The number of fused-ring (bicyclic) bond motifs is 1. The first-order valence-electron chi connectivity index (χ1n) is 8.30. The van der Waals surface area contributed by atoms with E-state index in [2.05, 4.69) is 4.98 Å². The quantitative estimate of drug-likeness (QED) is 0.802. The summed E-state index contributed by atoms with van der Waals surface area (Å²) in [6, 6.07) is 2.54. The van der Waals surface area contributed by atoms with E-state index in [9.17, 15) is 9.59 Å². The van der Waals surface area contributed by atoms with Gasteiger partial charge < -0.3 is 20.1 Å². The molecule has 0 aliphatic heterocycles. The summed E-state index contributed by atoms with van der Waals surface area (Å²) in [7, 11) is 0. The highest BCUT2D eigenvalue weighted by molar-refractivity contribution is 5.85. The van der Waals surface area contributed by atoms with E-state index in [0.717, 1.165) is 5.52 Å². The number of carbonyl (C=O) groups is 2. The lowest BCUT2D eigenvalue weighted by atomic mass is 10.1. The third kappa shape index (κ3) is 5.86. The van der Waals surface area contributed by atoms with Crippen LogP contribution in [0.25, 0.3) is 11.0 Å². The van der Waals surface area contributed by atoms with Gasteiger partial charge in [-0.2, -0.15) is 0 Å². The number of nitrogens with zero attached hydrogens (tertiary/aromatic N) is 2. The van der Waals surface area contributed by atoms with Gasteiger partial charge >= 0.3 is 11.9 Å². The number of rotatable bonds is 5. The van der Waals surface area contributed by atoms with Crippen LogP contribution in [0.3, 0.4) is 0 Å². The molecule has 0 fully saturated rings. The van der Waals surface area contributed by atoms with Gasteiger partial charge in [0.15, 0.2) is 0 Å². The molecule has 0 spiro atoms. The van der Waals surface area contributed by atoms with Crippen molar-refractivity contribution in [3.05, 3.63) is 30.1 Å². The highest BCUT2D eigenvalue weighted by Gasteiger charge is 2.20. The fourth-order valence-electron chi connectivity index (χ4n) is 2.30. The summed E-state index contributed by atoms with van der Waals surface area (Å²) in [5, 5.41) is 8.97. The van der Waals surface area contributed by atoms with Crippen molar-refractivity contribution in [1.29, 1.82) is 0 Å². The number of aliphatic carboxylic acids is 1. The molecule has 7 heteroatoms. The molecule has 0 aromatic carbocycles. The van der Waals surface area contributed by atoms with E-state index >= 15 is 0 Å². The van der Waals surface area contributed by atoms with Crippen LogP contribution in [0.2, 0.25) is 0 Å². The zero-order valence-corrected chi connectivity index (χ0v) is 15.4. The number of pyridine rings is 1. The minimum Gasteiger partial charge on any atom is -0.480 e. The number of carboxylic acid groups (broad SMARTS) is 1. The van der Waals surface area contributed by atoms with Crippen molar-refractivity contribution < 1.29 is 19.4 Å². The lowest BCUT2D eigenvalue weighted by Gasteiger charge is -2.19. The maximum absolute atomic E-state index is 12.0. The highest BCUT2D eigenvalue weighted by atomic mass is 16.6. The minimum absolute atomic E-state index is 0.0695. The van der Waals surface area contributed by atoms with Crippen LogP contribution < -0.4 is 5.73 Å². The normalized spacial score (nSPS) is 12.2. The second-order valence-corrected chi connectivity index (χ2v) is 6.39. The highest BCUT2D eigenvalue weighted by Crippen LogP contribution is 2.21. The van der Waals surface area contributed by atoms with Crippen LogP contribution in [0.5, 0.6) is 0 Å². The molecule has 0 aliphatic rings. The van der Waals surface area contributed by atoms with Crippen molar-refractivity contribution in [2.24, 2.45) is 5.73 Å². The Morgan fingerprint density at radius 3 is 2.56 bits per heavy atom.